The van der Waals surface area contributed by atoms with Crippen molar-refractivity contribution in [2.75, 3.05) is 12.3 Å². The molecular formula is C20H23ClN2O3S. The lowest BCUT2D eigenvalue weighted by Crippen LogP contribution is -2.29. The second-order valence-electron chi connectivity index (χ2n) is 7.22. The Morgan fingerprint density at radius 3 is 2.56 bits per heavy atom. The van der Waals surface area contributed by atoms with E-state index in [1.165, 1.54) is 19.3 Å². The average Bonchev–Trinajstić information content (AvgIpc) is 2.80. The van der Waals surface area contributed by atoms with Crippen LogP contribution in [0.5, 0.6) is 5.75 Å². The fraction of sp³-hybridized carbons (Fsp3) is 0.450. The molecule has 0 spiro atoms. The van der Waals surface area contributed by atoms with Crippen LogP contribution in [0.15, 0.2) is 46.0 Å². The van der Waals surface area contributed by atoms with Gasteiger partial charge in [-0.25, -0.2) is 8.42 Å². The van der Waals surface area contributed by atoms with Crippen LogP contribution in [0.1, 0.15) is 44.1 Å². The van der Waals surface area contributed by atoms with Gasteiger partial charge in [0.1, 0.15) is 5.75 Å². The summed E-state index contributed by atoms with van der Waals surface area (Å²) in [5.74, 6) is 1.34. The molecule has 1 saturated carbocycles. The number of allylic oxidation sites excluding steroid dienone is 2. The SMILES string of the molecule is O=S1(=O)CCCN2C=C(Cl)C=C(c3ccc(OC4CCCCC4)cc3)C2=N1. The summed E-state index contributed by atoms with van der Waals surface area (Å²) in [4.78, 5) is 1.83. The standard InChI is InChI=1S/C20H23ClN2O3S/c21-16-13-19(20-22-27(24,25)12-4-11-23(20)14-16)15-7-9-18(10-8-15)26-17-5-2-1-3-6-17/h7-10,13-14,17H,1-6,11-12H2. The lowest BCUT2D eigenvalue weighted by molar-refractivity contribution is 0.155. The van der Waals surface area contributed by atoms with Gasteiger partial charge in [-0.05, 0) is 55.9 Å². The quantitative estimate of drug-likeness (QED) is 0.750. The van der Waals surface area contributed by atoms with E-state index in [-0.39, 0.29) is 5.75 Å². The summed E-state index contributed by atoms with van der Waals surface area (Å²) in [6.45, 7) is 0.578. The molecule has 4 rings (SSSR count). The van der Waals surface area contributed by atoms with E-state index in [1.54, 1.807) is 12.3 Å². The van der Waals surface area contributed by atoms with Crippen LogP contribution in [-0.4, -0.2) is 37.6 Å². The summed E-state index contributed by atoms with van der Waals surface area (Å²) >= 11 is 6.28. The molecule has 144 valence electrons. The van der Waals surface area contributed by atoms with E-state index in [0.29, 0.717) is 29.9 Å². The molecule has 0 N–H and O–H groups in total. The Morgan fingerprint density at radius 1 is 1.07 bits per heavy atom. The topological polar surface area (TPSA) is 59.0 Å². The van der Waals surface area contributed by atoms with Gasteiger partial charge < -0.3 is 9.64 Å². The molecule has 2 aliphatic heterocycles. The van der Waals surface area contributed by atoms with Crippen molar-refractivity contribution in [1.82, 2.24) is 4.90 Å². The van der Waals surface area contributed by atoms with Crippen molar-refractivity contribution in [2.24, 2.45) is 4.40 Å². The Hall–Kier alpha value is -1.79. The number of amidine groups is 1. The van der Waals surface area contributed by atoms with Crippen LogP contribution in [0.3, 0.4) is 0 Å². The summed E-state index contributed by atoms with van der Waals surface area (Å²) in [5.41, 5.74) is 1.59. The number of sulfonamides is 1. The molecule has 3 aliphatic rings. The minimum Gasteiger partial charge on any atom is -0.490 e. The highest BCUT2D eigenvalue weighted by Gasteiger charge is 2.27. The van der Waals surface area contributed by atoms with Gasteiger partial charge in [0.05, 0.1) is 16.9 Å². The number of hydrogen-bond donors (Lipinski definition) is 0. The number of benzene rings is 1. The Bertz CT molecular complexity index is 898. The molecule has 0 unspecified atom stereocenters. The van der Waals surface area contributed by atoms with E-state index in [0.717, 1.165) is 29.7 Å². The summed E-state index contributed by atoms with van der Waals surface area (Å²) < 4.78 is 34.4. The van der Waals surface area contributed by atoms with Crippen LogP contribution < -0.4 is 4.74 Å². The molecule has 0 saturated heterocycles. The van der Waals surface area contributed by atoms with Gasteiger partial charge in [-0.3, -0.25) is 0 Å². The molecule has 0 amide bonds. The molecule has 0 atom stereocenters. The van der Waals surface area contributed by atoms with Gasteiger partial charge in [0.25, 0.3) is 10.0 Å². The Morgan fingerprint density at radius 2 is 1.81 bits per heavy atom. The third-order valence-electron chi connectivity index (χ3n) is 5.12. The van der Waals surface area contributed by atoms with Crippen molar-refractivity contribution in [3.8, 4) is 5.75 Å². The van der Waals surface area contributed by atoms with E-state index in [4.69, 9.17) is 16.3 Å². The van der Waals surface area contributed by atoms with Crippen molar-refractivity contribution in [1.29, 1.82) is 0 Å². The second kappa shape index (κ2) is 7.68. The fourth-order valence-electron chi connectivity index (χ4n) is 3.77. The molecule has 27 heavy (non-hydrogen) atoms. The highest BCUT2D eigenvalue weighted by molar-refractivity contribution is 7.90. The smallest absolute Gasteiger partial charge is 0.255 e. The van der Waals surface area contributed by atoms with Crippen LogP contribution in [0.25, 0.3) is 5.57 Å². The van der Waals surface area contributed by atoms with Crippen LogP contribution in [0, 0.1) is 0 Å². The molecule has 1 aromatic rings. The normalized spacial score (nSPS) is 22.9. The van der Waals surface area contributed by atoms with Crippen LogP contribution >= 0.6 is 11.6 Å². The Labute approximate surface area is 165 Å². The molecule has 1 fully saturated rings. The maximum absolute atomic E-state index is 12.1. The minimum atomic E-state index is -3.47. The molecule has 7 heteroatoms. The van der Waals surface area contributed by atoms with Gasteiger partial charge in [0.2, 0.25) is 0 Å². The Balaban J connectivity index is 1.61. The number of halogens is 1. The number of ether oxygens (including phenoxy) is 1. The van der Waals surface area contributed by atoms with Crippen LogP contribution in [0.2, 0.25) is 0 Å². The monoisotopic (exact) mass is 406 g/mol. The lowest BCUT2D eigenvalue weighted by Gasteiger charge is -2.26. The zero-order valence-corrected chi connectivity index (χ0v) is 16.7. The van der Waals surface area contributed by atoms with Gasteiger partial charge >= 0.3 is 0 Å². The third-order valence-corrected chi connectivity index (χ3v) is 6.58. The maximum Gasteiger partial charge on any atom is 0.255 e. The third kappa shape index (κ3) is 4.38. The van der Waals surface area contributed by atoms with Crippen molar-refractivity contribution in [3.63, 3.8) is 0 Å². The first-order valence-electron chi connectivity index (χ1n) is 9.46. The van der Waals surface area contributed by atoms with Gasteiger partial charge in [-0.15, -0.1) is 4.40 Å². The average molecular weight is 407 g/mol. The first-order chi connectivity index (χ1) is 13.0. The first kappa shape index (κ1) is 18.6. The maximum atomic E-state index is 12.1. The number of fused-ring (bicyclic) bond motifs is 1. The van der Waals surface area contributed by atoms with E-state index in [9.17, 15) is 8.42 Å². The van der Waals surface area contributed by atoms with Gasteiger partial charge in [-0.2, -0.15) is 0 Å². The highest BCUT2D eigenvalue weighted by atomic mass is 35.5. The molecule has 1 aromatic carbocycles. The molecule has 0 aromatic heterocycles. The molecule has 5 nitrogen and oxygen atoms in total. The summed E-state index contributed by atoms with van der Waals surface area (Å²) in [6, 6.07) is 7.76. The predicted molar refractivity (Wildman–Crippen MR) is 108 cm³/mol. The summed E-state index contributed by atoms with van der Waals surface area (Å²) in [6.07, 6.45) is 10.3. The Kier molecular flexibility index (Phi) is 5.28. The van der Waals surface area contributed by atoms with Gasteiger partial charge in [0, 0.05) is 18.3 Å². The second-order valence-corrected chi connectivity index (χ2v) is 9.41. The molecule has 1 aliphatic carbocycles. The van der Waals surface area contributed by atoms with Gasteiger partial charge in [-0.1, -0.05) is 30.2 Å². The van der Waals surface area contributed by atoms with Crippen molar-refractivity contribution < 1.29 is 13.2 Å². The van der Waals surface area contributed by atoms with E-state index >= 15 is 0 Å². The zero-order valence-electron chi connectivity index (χ0n) is 15.1. The van der Waals surface area contributed by atoms with Crippen LogP contribution in [0.4, 0.5) is 0 Å². The van der Waals surface area contributed by atoms with Crippen molar-refractivity contribution in [3.05, 3.63) is 47.1 Å². The molecule has 2 heterocycles. The van der Waals surface area contributed by atoms with E-state index < -0.39 is 10.0 Å². The summed E-state index contributed by atoms with van der Waals surface area (Å²) in [7, 11) is -3.47. The molecule has 0 bridgehead atoms. The van der Waals surface area contributed by atoms with E-state index in [1.807, 2.05) is 29.2 Å². The fourth-order valence-corrected chi connectivity index (χ4v) is 5.05. The number of rotatable bonds is 3. The summed E-state index contributed by atoms with van der Waals surface area (Å²) in [5, 5.41) is 0.561. The van der Waals surface area contributed by atoms with Crippen LogP contribution in [-0.2, 0) is 10.0 Å². The zero-order chi connectivity index (χ0) is 18.9. The predicted octanol–water partition coefficient (Wildman–Crippen LogP) is 4.31. The van der Waals surface area contributed by atoms with Crippen molar-refractivity contribution >= 4 is 33.0 Å². The first-order valence-corrected chi connectivity index (χ1v) is 11.4. The number of nitrogens with zero attached hydrogens (tertiary/aromatic N) is 2. The van der Waals surface area contributed by atoms with Gasteiger partial charge in [0.15, 0.2) is 5.84 Å². The van der Waals surface area contributed by atoms with Crippen molar-refractivity contribution in [2.45, 2.75) is 44.6 Å². The van der Waals surface area contributed by atoms with E-state index in [2.05, 4.69) is 4.40 Å². The highest BCUT2D eigenvalue weighted by Crippen LogP contribution is 2.31. The number of hydrogen-bond acceptors (Lipinski definition) is 4. The lowest BCUT2D eigenvalue weighted by atomic mass is 9.97. The molecular weight excluding hydrogens is 384 g/mol. The minimum absolute atomic E-state index is 0.0555. The molecule has 0 radical (unpaired) electrons. The largest absolute Gasteiger partial charge is 0.490 e.